The van der Waals surface area contributed by atoms with Crippen LogP contribution in [0, 0.1) is 21.4 Å². The highest BCUT2D eigenvalue weighted by Crippen LogP contribution is 2.31. The first-order valence-electron chi connectivity index (χ1n) is 7.34. The zero-order valence-corrected chi connectivity index (χ0v) is 13.4. The molecule has 3 rings (SSSR count). The van der Waals surface area contributed by atoms with Gasteiger partial charge < -0.3 is 5.32 Å². The van der Waals surface area contributed by atoms with Crippen LogP contribution in [-0.2, 0) is 4.79 Å². The molecule has 1 fully saturated rings. The Balaban J connectivity index is 1.83. The molecule has 6 nitrogen and oxygen atoms in total. The number of benzene rings is 1. The van der Waals surface area contributed by atoms with E-state index < -0.39 is 4.92 Å². The molecule has 1 aromatic heterocycles. The highest BCUT2D eigenvalue weighted by Gasteiger charge is 2.24. The van der Waals surface area contributed by atoms with E-state index >= 15 is 0 Å². The quantitative estimate of drug-likeness (QED) is 0.390. The molecule has 24 heavy (non-hydrogen) atoms. The van der Waals surface area contributed by atoms with Crippen molar-refractivity contribution in [2.45, 2.75) is 18.9 Å². The molecule has 120 valence electrons. The van der Waals surface area contributed by atoms with Gasteiger partial charge in [-0.15, -0.1) is 11.3 Å². The van der Waals surface area contributed by atoms with Crippen molar-refractivity contribution in [3.63, 3.8) is 0 Å². The summed E-state index contributed by atoms with van der Waals surface area (Å²) in [6.45, 7) is 0. The zero-order chi connectivity index (χ0) is 17.1. The van der Waals surface area contributed by atoms with Crippen molar-refractivity contribution in [3.05, 3.63) is 57.0 Å². The number of nitro groups is 1. The van der Waals surface area contributed by atoms with Crippen LogP contribution in [0.2, 0.25) is 0 Å². The summed E-state index contributed by atoms with van der Waals surface area (Å²) in [4.78, 5) is 24.0. The summed E-state index contributed by atoms with van der Waals surface area (Å²) in [6, 6.07) is 12.1. The predicted octanol–water partition coefficient (Wildman–Crippen LogP) is 3.51. The van der Waals surface area contributed by atoms with Gasteiger partial charge in [-0.25, -0.2) is 0 Å². The normalized spacial score (nSPS) is 14.0. The number of carbonyl (C=O) groups excluding carboxylic acids is 1. The topological polar surface area (TPSA) is 96.0 Å². The highest BCUT2D eigenvalue weighted by molar-refractivity contribution is 7.16. The minimum Gasteiger partial charge on any atom is -0.349 e. The van der Waals surface area contributed by atoms with Crippen LogP contribution in [0.15, 0.2) is 42.0 Å². The lowest BCUT2D eigenvalue weighted by Gasteiger charge is -2.00. The summed E-state index contributed by atoms with van der Waals surface area (Å²) in [7, 11) is 0. The maximum absolute atomic E-state index is 12.0. The Hall–Kier alpha value is -2.98. The second kappa shape index (κ2) is 6.64. The van der Waals surface area contributed by atoms with Gasteiger partial charge in [0.2, 0.25) is 0 Å². The Kier molecular flexibility index (Phi) is 4.40. The maximum atomic E-state index is 12.0. The number of non-ortho nitro benzene ring substituents is 1. The van der Waals surface area contributed by atoms with E-state index in [1.54, 1.807) is 24.3 Å². The van der Waals surface area contributed by atoms with Gasteiger partial charge in [-0.2, -0.15) is 5.26 Å². The highest BCUT2D eigenvalue weighted by atomic mass is 32.1. The zero-order valence-electron chi connectivity index (χ0n) is 12.6. The summed E-state index contributed by atoms with van der Waals surface area (Å²) in [6.07, 6.45) is 3.46. The molecule has 7 heteroatoms. The molecule has 0 aliphatic heterocycles. The van der Waals surface area contributed by atoms with Gasteiger partial charge in [-0.05, 0) is 36.6 Å². The number of nitro benzene ring substituents is 1. The molecule has 2 aromatic rings. The van der Waals surface area contributed by atoms with Gasteiger partial charge in [-0.3, -0.25) is 14.9 Å². The summed E-state index contributed by atoms with van der Waals surface area (Å²) in [5.74, 6) is -0.356. The molecule has 1 N–H and O–H groups in total. The number of amides is 1. The van der Waals surface area contributed by atoms with E-state index in [1.807, 2.05) is 12.1 Å². The number of nitrogens with one attached hydrogen (secondary N) is 1. The third kappa shape index (κ3) is 3.67. The molecule has 0 bridgehead atoms. The van der Waals surface area contributed by atoms with Crippen molar-refractivity contribution < 1.29 is 9.72 Å². The third-order valence-electron chi connectivity index (χ3n) is 3.53. The van der Waals surface area contributed by atoms with Gasteiger partial charge in [0.05, 0.1) is 4.92 Å². The summed E-state index contributed by atoms with van der Waals surface area (Å²) in [5.41, 5.74) is 0.823. The SMILES string of the molecule is N#C/C(=C/c1ccc(-c2cccc([N+](=O)[O-])c2)s1)C(=O)NC1CC1. The molecule has 0 atom stereocenters. The number of hydrogen-bond donors (Lipinski definition) is 1. The molecule has 1 saturated carbocycles. The molecular formula is C17H13N3O3S. The van der Waals surface area contributed by atoms with Crippen LogP contribution in [0.1, 0.15) is 17.7 Å². The van der Waals surface area contributed by atoms with Crippen LogP contribution >= 0.6 is 11.3 Å². The molecule has 1 aromatic carbocycles. The van der Waals surface area contributed by atoms with Crippen molar-refractivity contribution >= 4 is 29.0 Å². The molecule has 1 aliphatic rings. The number of nitrogens with zero attached hydrogens (tertiary/aromatic N) is 2. The summed E-state index contributed by atoms with van der Waals surface area (Å²) in [5, 5.41) is 22.8. The standard InChI is InChI=1S/C17H13N3O3S/c18-10-12(17(21)19-13-4-5-13)9-15-6-7-16(24-15)11-2-1-3-14(8-11)20(22)23/h1-3,6-9,13H,4-5H2,(H,19,21)/b12-9-. The Morgan fingerprint density at radius 2 is 2.17 bits per heavy atom. The smallest absolute Gasteiger partial charge is 0.270 e. The molecule has 1 aliphatic carbocycles. The number of rotatable bonds is 5. The number of carbonyl (C=O) groups is 1. The summed E-state index contributed by atoms with van der Waals surface area (Å²) < 4.78 is 0. The summed E-state index contributed by atoms with van der Waals surface area (Å²) >= 11 is 1.37. The van der Waals surface area contributed by atoms with Crippen LogP contribution in [-0.4, -0.2) is 16.9 Å². The van der Waals surface area contributed by atoms with E-state index in [4.69, 9.17) is 5.26 Å². The Morgan fingerprint density at radius 3 is 2.83 bits per heavy atom. The van der Waals surface area contributed by atoms with Crippen LogP contribution in [0.4, 0.5) is 5.69 Å². The van der Waals surface area contributed by atoms with Crippen molar-refractivity contribution in [2.75, 3.05) is 0 Å². The van der Waals surface area contributed by atoms with Gasteiger partial charge in [0, 0.05) is 27.9 Å². The first-order chi connectivity index (χ1) is 11.6. The van der Waals surface area contributed by atoms with E-state index in [1.165, 1.54) is 23.5 Å². The maximum Gasteiger partial charge on any atom is 0.270 e. The largest absolute Gasteiger partial charge is 0.349 e. The minimum atomic E-state index is -0.437. The Morgan fingerprint density at radius 1 is 1.38 bits per heavy atom. The third-order valence-corrected chi connectivity index (χ3v) is 4.61. The lowest BCUT2D eigenvalue weighted by atomic mass is 10.1. The lowest BCUT2D eigenvalue weighted by Crippen LogP contribution is -2.26. The molecule has 0 saturated heterocycles. The lowest BCUT2D eigenvalue weighted by molar-refractivity contribution is -0.384. The van der Waals surface area contributed by atoms with E-state index in [0.29, 0.717) is 0 Å². The molecule has 0 spiro atoms. The Bertz CT molecular complexity index is 875. The fourth-order valence-corrected chi connectivity index (χ4v) is 3.09. The molecule has 1 amide bonds. The van der Waals surface area contributed by atoms with E-state index in [2.05, 4.69) is 5.32 Å². The molecular weight excluding hydrogens is 326 g/mol. The Labute approximate surface area is 142 Å². The van der Waals surface area contributed by atoms with Gasteiger partial charge in [0.1, 0.15) is 11.6 Å². The fraction of sp³-hybridized carbons (Fsp3) is 0.176. The van der Waals surface area contributed by atoms with Crippen molar-refractivity contribution in [1.82, 2.24) is 5.32 Å². The minimum absolute atomic E-state index is 0.0273. The van der Waals surface area contributed by atoms with Crippen LogP contribution in [0.3, 0.4) is 0 Å². The van der Waals surface area contributed by atoms with Gasteiger partial charge >= 0.3 is 0 Å². The van der Waals surface area contributed by atoms with E-state index in [0.717, 1.165) is 28.2 Å². The van der Waals surface area contributed by atoms with Crippen molar-refractivity contribution in [3.8, 4) is 16.5 Å². The average molecular weight is 339 g/mol. The predicted molar refractivity (Wildman–Crippen MR) is 91.2 cm³/mol. The van der Waals surface area contributed by atoms with Gasteiger partial charge in [0.15, 0.2) is 0 Å². The van der Waals surface area contributed by atoms with E-state index in [-0.39, 0.29) is 23.2 Å². The molecule has 0 unspecified atom stereocenters. The van der Waals surface area contributed by atoms with Crippen LogP contribution in [0.5, 0.6) is 0 Å². The van der Waals surface area contributed by atoms with Gasteiger partial charge in [-0.1, -0.05) is 12.1 Å². The van der Waals surface area contributed by atoms with Crippen molar-refractivity contribution in [2.24, 2.45) is 0 Å². The fourth-order valence-electron chi connectivity index (χ4n) is 2.14. The first-order valence-corrected chi connectivity index (χ1v) is 8.16. The second-order valence-corrected chi connectivity index (χ2v) is 6.54. The van der Waals surface area contributed by atoms with Gasteiger partial charge in [0.25, 0.3) is 11.6 Å². The average Bonchev–Trinajstić information content (AvgIpc) is 3.27. The number of hydrogen-bond acceptors (Lipinski definition) is 5. The number of thiophene rings is 1. The first kappa shape index (κ1) is 15.9. The molecule has 1 heterocycles. The second-order valence-electron chi connectivity index (χ2n) is 5.43. The molecule has 0 radical (unpaired) electrons. The van der Waals surface area contributed by atoms with E-state index in [9.17, 15) is 14.9 Å². The number of nitriles is 1. The monoisotopic (exact) mass is 339 g/mol. The van der Waals surface area contributed by atoms with Crippen LogP contribution in [0.25, 0.3) is 16.5 Å². The van der Waals surface area contributed by atoms with Crippen LogP contribution < -0.4 is 5.32 Å². The van der Waals surface area contributed by atoms with Crippen molar-refractivity contribution in [1.29, 1.82) is 5.26 Å².